The topological polar surface area (TPSA) is 21.3 Å². The van der Waals surface area contributed by atoms with E-state index in [4.69, 9.17) is 16.3 Å². The van der Waals surface area contributed by atoms with Gasteiger partial charge in [0.1, 0.15) is 5.75 Å². The fourth-order valence-electron chi connectivity index (χ4n) is 2.91. The maximum absolute atomic E-state index is 6.37. The Morgan fingerprint density at radius 1 is 1.24 bits per heavy atom. The molecule has 0 radical (unpaired) electrons. The Labute approximate surface area is 134 Å². The van der Waals surface area contributed by atoms with Gasteiger partial charge in [-0.2, -0.15) is 0 Å². The Bertz CT molecular complexity index is 439. The van der Waals surface area contributed by atoms with E-state index in [0.717, 1.165) is 36.1 Å². The predicted octanol–water partition coefficient (Wildman–Crippen LogP) is 5.19. The third-order valence-electron chi connectivity index (χ3n) is 4.38. The minimum Gasteiger partial charge on any atom is -0.489 e. The number of rotatable bonds is 6. The van der Waals surface area contributed by atoms with Crippen molar-refractivity contribution < 1.29 is 4.74 Å². The van der Waals surface area contributed by atoms with Crippen LogP contribution in [-0.4, -0.2) is 12.1 Å². The van der Waals surface area contributed by atoms with Crippen LogP contribution >= 0.6 is 11.6 Å². The summed E-state index contributed by atoms with van der Waals surface area (Å²) in [6, 6.07) is 6.62. The number of ether oxygens (including phenoxy) is 1. The largest absolute Gasteiger partial charge is 0.489 e. The van der Waals surface area contributed by atoms with Crippen molar-refractivity contribution in [2.45, 2.75) is 71.6 Å². The summed E-state index contributed by atoms with van der Waals surface area (Å²) in [5.74, 6) is 1.73. The second-order valence-electron chi connectivity index (χ2n) is 6.47. The van der Waals surface area contributed by atoms with Gasteiger partial charge in [-0.15, -0.1) is 0 Å². The minimum atomic E-state index is 0.338. The maximum Gasteiger partial charge on any atom is 0.138 e. The normalized spacial score (nSPS) is 22.5. The van der Waals surface area contributed by atoms with Crippen molar-refractivity contribution in [3.05, 3.63) is 28.8 Å². The quantitative estimate of drug-likeness (QED) is 0.781. The first kappa shape index (κ1) is 16.6. The molecular formula is C18H28ClNO. The zero-order valence-electron chi connectivity index (χ0n) is 13.5. The highest BCUT2D eigenvalue weighted by Crippen LogP contribution is 2.32. The number of benzene rings is 1. The molecule has 0 saturated heterocycles. The van der Waals surface area contributed by atoms with Gasteiger partial charge < -0.3 is 10.1 Å². The Morgan fingerprint density at radius 2 is 1.95 bits per heavy atom. The Kier molecular flexibility index (Phi) is 6.38. The van der Waals surface area contributed by atoms with Gasteiger partial charge >= 0.3 is 0 Å². The molecule has 0 atom stereocenters. The van der Waals surface area contributed by atoms with E-state index in [1.807, 2.05) is 12.1 Å². The number of halogens is 1. The molecule has 2 nitrogen and oxygen atoms in total. The highest BCUT2D eigenvalue weighted by atomic mass is 35.5. The van der Waals surface area contributed by atoms with Gasteiger partial charge in [0.05, 0.1) is 11.1 Å². The molecule has 21 heavy (non-hydrogen) atoms. The van der Waals surface area contributed by atoms with Crippen molar-refractivity contribution >= 4 is 11.6 Å². The van der Waals surface area contributed by atoms with Crippen LogP contribution in [0.2, 0.25) is 5.02 Å². The third kappa shape index (κ3) is 5.19. The van der Waals surface area contributed by atoms with Crippen LogP contribution in [0.1, 0.15) is 58.4 Å². The summed E-state index contributed by atoms with van der Waals surface area (Å²) >= 11 is 6.37. The summed E-state index contributed by atoms with van der Waals surface area (Å²) in [6.07, 6.45) is 6.52. The van der Waals surface area contributed by atoms with Crippen molar-refractivity contribution in [2.24, 2.45) is 5.92 Å². The lowest BCUT2D eigenvalue weighted by atomic mass is 9.86. The van der Waals surface area contributed by atoms with E-state index in [1.54, 1.807) is 0 Å². The van der Waals surface area contributed by atoms with Gasteiger partial charge in [0.25, 0.3) is 0 Å². The second-order valence-corrected chi connectivity index (χ2v) is 6.88. The number of hydrogen-bond donors (Lipinski definition) is 1. The molecule has 2 rings (SSSR count). The van der Waals surface area contributed by atoms with Crippen LogP contribution in [0.3, 0.4) is 0 Å². The molecule has 0 bridgehead atoms. The van der Waals surface area contributed by atoms with Crippen molar-refractivity contribution in [1.29, 1.82) is 0 Å². The van der Waals surface area contributed by atoms with Crippen molar-refractivity contribution in [1.82, 2.24) is 5.32 Å². The SMILES string of the molecule is CCC1CCC(Oc2ccc(CNC(C)C)cc2Cl)CC1. The highest BCUT2D eigenvalue weighted by molar-refractivity contribution is 6.32. The molecule has 1 aromatic carbocycles. The molecular weight excluding hydrogens is 282 g/mol. The monoisotopic (exact) mass is 309 g/mol. The van der Waals surface area contributed by atoms with Gasteiger partial charge in [-0.1, -0.05) is 44.9 Å². The molecule has 0 aliphatic heterocycles. The summed E-state index contributed by atoms with van der Waals surface area (Å²) in [4.78, 5) is 0. The standard InChI is InChI=1S/C18H28ClNO/c1-4-14-5-8-16(9-6-14)21-18-10-7-15(11-17(18)19)12-20-13(2)3/h7,10-11,13-14,16,20H,4-6,8-9,12H2,1-3H3. The van der Waals surface area contributed by atoms with Crippen molar-refractivity contribution in [2.75, 3.05) is 0 Å². The average molecular weight is 310 g/mol. The molecule has 1 aliphatic carbocycles. The lowest BCUT2D eigenvalue weighted by Gasteiger charge is -2.28. The van der Waals surface area contributed by atoms with Gasteiger partial charge in [-0.3, -0.25) is 0 Å². The molecule has 0 unspecified atom stereocenters. The van der Waals surface area contributed by atoms with E-state index in [0.29, 0.717) is 12.1 Å². The molecule has 1 aromatic rings. The van der Waals surface area contributed by atoms with Crippen molar-refractivity contribution in [3.63, 3.8) is 0 Å². The smallest absolute Gasteiger partial charge is 0.138 e. The summed E-state index contributed by atoms with van der Waals surface area (Å²) in [5.41, 5.74) is 1.20. The molecule has 1 saturated carbocycles. The fraction of sp³-hybridized carbons (Fsp3) is 0.667. The molecule has 3 heteroatoms. The summed E-state index contributed by atoms with van der Waals surface area (Å²) in [6.45, 7) is 7.42. The Balaban J connectivity index is 1.89. The van der Waals surface area contributed by atoms with Crippen molar-refractivity contribution in [3.8, 4) is 5.75 Å². The van der Waals surface area contributed by atoms with E-state index in [1.165, 1.54) is 24.8 Å². The molecule has 1 fully saturated rings. The van der Waals surface area contributed by atoms with E-state index < -0.39 is 0 Å². The van der Waals surface area contributed by atoms with Gasteiger partial charge in [0.2, 0.25) is 0 Å². The molecule has 0 amide bonds. The lowest BCUT2D eigenvalue weighted by Crippen LogP contribution is -2.24. The second kappa shape index (κ2) is 8.05. The van der Waals surface area contributed by atoms with Crippen LogP contribution in [0.25, 0.3) is 0 Å². The lowest BCUT2D eigenvalue weighted by molar-refractivity contribution is 0.130. The number of nitrogens with one attached hydrogen (secondary N) is 1. The summed E-state index contributed by atoms with van der Waals surface area (Å²) in [5, 5.41) is 4.13. The first-order valence-corrected chi connectivity index (χ1v) is 8.64. The molecule has 0 spiro atoms. The minimum absolute atomic E-state index is 0.338. The van der Waals surface area contributed by atoms with Crippen LogP contribution in [0.5, 0.6) is 5.75 Å². The molecule has 0 heterocycles. The van der Waals surface area contributed by atoms with Crippen LogP contribution in [-0.2, 0) is 6.54 Å². The maximum atomic E-state index is 6.37. The Morgan fingerprint density at radius 3 is 2.52 bits per heavy atom. The van der Waals surface area contributed by atoms with Crippen LogP contribution in [0, 0.1) is 5.92 Å². The zero-order chi connectivity index (χ0) is 15.2. The van der Waals surface area contributed by atoms with Gasteiger partial charge in [-0.25, -0.2) is 0 Å². The van der Waals surface area contributed by atoms with Crippen LogP contribution in [0.4, 0.5) is 0 Å². The Hall–Kier alpha value is -0.730. The van der Waals surface area contributed by atoms with E-state index in [9.17, 15) is 0 Å². The predicted molar refractivity (Wildman–Crippen MR) is 90.1 cm³/mol. The van der Waals surface area contributed by atoms with Gasteiger partial charge in [-0.05, 0) is 49.3 Å². The van der Waals surface area contributed by atoms with E-state index >= 15 is 0 Å². The first-order chi connectivity index (χ1) is 10.1. The fourth-order valence-corrected chi connectivity index (χ4v) is 3.16. The molecule has 0 aromatic heterocycles. The van der Waals surface area contributed by atoms with Crippen LogP contribution < -0.4 is 10.1 Å². The first-order valence-electron chi connectivity index (χ1n) is 8.27. The molecule has 1 aliphatic rings. The number of hydrogen-bond acceptors (Lipinski definition) is 2. The zero-order valence-corrected chi connectivity index (χ0v) is 14.2. The third-order valence-corrected chi connectivity index (χ3v) is 4.67. The summed E-state index contributed by atoms with van der Waals surface area (Å²) in [7, 11) is 0. The van der Waals surface area contributed by atoms with E-state index in [-0.39, 0.29) is 0 Å². The van der Waals surface area contributed by atoms with Crippen LogP contribution in [0.15, 0.2) is 18.2 Å². The van der Waals surface area contributed by atoms with Gasteiger partial charge in [0, 0.05) is 12.6 Å². The van der Waals surface area contributed by atoms with E-state index in [2.05, 4.69) is 32.2 Å². The van der Waals surface area contributed by atoms with Gasteiger partial charge in [0.15, 0.2) is 0 Å². The molecule has 1 N–H and O–H groups in total. The summed E-state index contributed by atoms with van der Waals surface area (Å²) < 4.78 is 6.11. The molecule has 118 valence electrons. The highest BCUT2D eigenvalue weighted by Gasteiger charge is 2.21. The average Bonchev–Trinajstić information content (AvgIpc) is 2.48.